The van der Waals surface area contributed by atoms with Crippen molar-refractivity contribution >= 4 is 35.9 Å². The van der Waals surface area contributed by atoms with Gasteiger partial charge in [0, 0.05) is 17.9 Å². The summed E-state index contributed by atoms with van der Waals surface area (Å²) in [6.45, 7) is 0.994. The molecule has 4 rings (SSSR count). The lowest BCUT2D eigenvalue weighted by molar-refractivity contribution is 0.0598. The highest BCUT2D eigenvalue weighted by Crippen LogP contribution is 2.40. The zero-order chi connectivity index (χ0) is 19.5. The maximum atomic E-state index is 11.9. The number of ether oxygens (including phenoxy) is 2. The van der Waals surface area contributed by atoms with E-state index in [2.05, 4.69) is 15.3 Å². The van der Waals surface area contributed by atoms with Crippen molar-refractivity contribution in [2.24, 2.45) is 10.7 Å². The van der Waals surface area contributed by atoms with Crippen molar-refractivity contribution < 1.29 is 14.3 Å². The lowest BCUT2D eigenvalue weighted by Gasteiger charge is -2.26. The normalized spacial score (nSPS) is 18.1. The first-order chi connectivity index (χ1) is 13.7. The lowest BCUT2D eigenvalue weighted by atomic mass is 10.0. The highest BCUT2D eigenvalue weighted by atomic mass is 127. The zero-order valence-electron chi connectivity index (χ0n) is 16.3. The van der Waals surface area contributed by atoms with E-state index >= 15 is 0 Å². The summed E-state index contributed by atoms with van der Waals surface area (Å²) in [7, 11) is 1.39. The molecule has 2 aromatic rings. The Hall–Kier alpha value is -2.36. The van der Waals surface area contributed by atoms with E-state index in [9.17, 15) is 4.79 Å². The number of carbonyl (C=O) groups is 1. The van der Waals surface area contributed by atoms with Gasteiger partial charge in [-0.15, -0.1) is 24.0 Å². The number of nitrogens with zero attached hydrogens (tertiary/aromatic N) is 2. The maximum Gasteiger partial charge on any atom is 0.339 e. The second-order valence-corrected chi connectivity index (χ2v) is 7.07. The Kier molecular flexibility index (Phi) is 6.94. The van der Waals surface area contributed by atoms with Gasteiger partial charge in [0.05, 0.1) is 43.3 Å². The molecule has 1 aliphatic heterocycles. The Morgan fingerprint density at radius 3 is 2.83 bits per heavy atom. The van der Waals surface area contributed by atoms with Crippen LogP contribution in [0.5, 0.6) is 5.75 Å². The molecule has 0 saturated heterocycles. The van der Waals surface area contributed by atoms with Crippen LogP contribution < -0.4 is 15.8 Å². The van der Waals surface area contributed by atoms with Crippen molar-refractivity contribution in [2.45, 2.75) is 37.8 Å². The number of methoxy groups -OCH3 is 1. The van der Waals surface area contributed by atoms with Crippen LogP contribution in [0.15, 0.2) is 41.4 Å². The Morgan fingerprint density at radius 1 is 1.28 bits per heavy atom. The van der Waals surface area contributed by atoms with Gasteiger partial charge in [-0.05, 0) is 31.0 Å². The van der Waals surface area contributed by atoms with E-state index in [4.69, 9.17) is 15.2 Å². The summed E-state index contributed by atoms with van der Waals surface area (Å²) in [6.07, 6.45) is 2.93. The number of esters is 1. The second-order valence-electron chi connectivity index (χ2n) is 7.07. The molecule has 154 valence electrons. The number of nitrogens with two attached hydrogens (primary N) is 1. The molecule has 29 heavy (non-hydrogen) atoms. The fraction of sp³-hybridized carbons (Fsp3) is 0.381. The average molecular weight is 508 g/mol. The first-order valence-electron chi connectivity index (χ1n) is 9.52. The molecule has 1 atom stereocenters. The number of aliphatic imine (C=N–C) groups is 1. The van der Waals surface area contributed by atoms with Gasteiger partial charge in [0.15, 0.2) is 5.96 Å². The number of nitrogens with one attached hydrogen (secondary N) is 1. The van der Waals surface area contributed by atoms with Gasteiger partial charge >= 0.3 is 5.97 Å². The maximum absolute atomic E-state index is 11.9. The summed E-state index contributed by atoms with van der Waals surface area (Å²) in [5.41, 5.74) is 9.34. The van der Waals surface area contributed by atoms with Gasteiger partial charge in [-0.2, -0.15) is 0 Å². The molecule has 1 unspecified atom stereocenters. The number of fused-ring (bicyclic) bond motifs is 1. The van der Waals surface area contributed by atoms with Gasteiger partial charge in [0.1, 0.15) is 5.75 Å². The number of benzene rings is 1. The quantitative estimate of drug-likeness (QED) is 0.279. The predicted octanol–water partition coefficient (Wildman–Crippen LogP) is 3.29. The van der Waals surface area contributed by atoms with Crippen LogP contribution in [-0.2, 0) is 11.3 Å². The number of hydrogen-bond donors (Lipinski definition) is 2. The third-order valence-electron chi connectivity index (χ3n) is 5.04. The second kappa shape index (κ2) is 9.43. The summed E-state index contributed by atoms with van der Waals surface area (Å²) in [5.74, 6) is 1.25. The molecule has 1 aliphatic carbocycles. The Bertz CT molecular complexity index is 915. The summed E-state index contributed by atoms with van der Waals surface area (Å²) >= 11 is 0. The number of pyridine rings is 1. The number of carbonyl (C=O) groups excluding carboxylic acids is 1. The van der Waals surface area contributed by atoms with E-state index in [1.807, 2.05) is 24.3 Å². The van der Waals surface area contributed by atoms with Crippen molar-refractivity contribution in [3.05, 3.63) is 58.9 Å². The third kappa shape index (κ3) is 4.98. The van der Waals surface area contributed by atoms with Crippen LogP contribution >= 0.6 is 24.0 Å². The first-order valence-corrected chi connectivity index (χ1v) is 9.52. The average Bonchev–Trinajstić information content (AvgIpc) is 3.57. The molecule has 2 heterocycles. The van der Waals surface area contributed by atoms with Crippen LogP contribution in [0.25, 0.3) is 0 Å². The van der Waals surface area contributed by atoms with Crippen LogP contribution in [-0.4, -0.2) is 30.6 Å². The summed E-state index contributed by atoms with van der Waals surface area (Å²) in [5, 5.41) is 3.28. The molecule has 1 fully saturated rings. The van der Waals surface area contributed by atoms with Crippen LogP contribution in [0.3, 0.4) is 0 Å². The van der Waals surface area contributed by atoms with Crippen LogP contribution in [0.2, 0.25) is 0 Å². The summed E-state index contributed by atoms with van der Waals surface area (Å²) in [6, 6.07) is 11.6. The molecule has 1 aromatic heterocycles. The van der Waals surface area contributed by atoms with Crippen LogP contribution in [0.4, 0.5) is 0 Å². The van der Waals surface area contributed by atoms with E-state index in [1.165, 1.54) is 7.11 Å². The molecule has 0 radical (unpaired) electrons. The molecule has 0 amide bonds. The minimum Gasteiger partial charge on any atom is -0.493 e. The van der Waals surface area contributed by atoms with E-state index in [1.54, 1.807) is 12.1 Å². The number of guanidine groups is 1. The molecular formula is C21H25IN4O3. The molecule has 3 N–H and O–H groups in total. The Labute approximate surface area is 187 Å². The summed E-state index contributed by atoms with van der Waals surface area (Å²) < 4.78 is 10.5. The van der Waals surface area contributed by atoms with E-state index in [-0.39, 0.29) is 36.0 Å². The minimum atomic E-state index is -0.344. The SMILES string of the molecule is COC(=O)c1ccc(CN=C(N)NC2CCOc3ccccc32)nc1C1CC1.I. The van der Waals surface area contributed by atoms with Crippen molar-refractivity contribution in [1.29, 1.82) is 0 Å². The molecule has 1 saturated carbocycles. The number of para-hydroxylation sites is 1. The first kappa shape index (κ1) is 21.4. The highest BCUT2D eigenvalue weighted by Gasteiger charge is 2.30. The molecule has 0 spiro atoms. The Balaban J connectivity index is 0.00000240. The number of hydrogen-bond acceptors (Lipinski definition) is 5. The van der Waals surface area contributed by atoms with Gasteiger partial charge < -0.3 is 20.5 Å². The summed E-state index contributed by atoms with van der Waals surface area (Å²) in [4.78, 5) is 21.0. The van der Waals surface area contributed by atoms with Crippen molar-refractivity contribution in [1.82, 2.24) is 10.3 Å². The monoisotopic (exact) mass is 508 g/mol. The fourth-order valence-corrected chi connectivity index (χ4v) is 3.44. The van der Waals surface area contributed by atoms with Crippen molar-refractivity contribution in [3.63, 3.8) is 0 Å². The van der Waals surface area contributed by atoms with Gasteiger partial charge in [-0.25, -0.2) is 9.79 Å². The van der Waals surface area contributed by atoms with Gasteiger partial charge in [0.2, 0.25) is 0 Å². The number of halogens is 1. The van der Waals surface area contributed by atoms with Crippen LogP contribution in [0.1, 0.15) is 58.5 Å². The smallest absolute Gasteiger partial charge is 0.339 e. The van der Waals surface area contributed by atoms with E-state index in [0.29, 0.717) is 30.6 Å². The molecular weight excluding hydrogens is 483 g/mol. The third-order valence-corrected chi connectivity index (χ3v) is 5.04. The van der Waals surface area contributed by atoms with Gasteiger partial charge in [0.25, 0.3) is 0 Å². The van der Waals surface area contributed by atoms with Crippen molar-refractivity contribution in [2.75, 3.05) is 13.7 Å². The van der Waals surface area contributed by atoms with E-state index in [0.717, 1.165) is 42.0 Å². The molecule has 7 nitrogen and oxygen atoms in total. The largest absolute Gasteiger partial charge is 0.493 e. The predicted molar refractivity (Wildman–Crippen MR) is 121 cm³/mol. The molecule has 1 aromatic carbocycles. The lowest BCUT2D eigenvalue weighted by Crippen LogP contribution is -2.37. The minimum absolute atomic E-state index is 0. The standard InChI is InChI=1S/C21H24N4O3.HI/c1-27-20(26)16-9-8-14(24-19(16)13-6-7-13)12-23-21(22)25-17-10-11-28-18-5-3-2-4-15(17)18;/h2-5,8-9,13,17H,6-7,10-12H2,1H3,(H3,22,23,25);1H. The van der Waals surface area contributed by atoms with E-state index < -0.39 is 0 Å². The molecule has 2 aliphatic rings. The Morgan fingerprint density at radius 2 is 2.07 bits per heavy atom. The molecule has 8 heteroatoms. The topological polar surface area (TPSA) is 98.8 Å². The van der Waals surface area contributed by atoms with Gasteiger partial charge in [-0.3, -0.25) is 4.98 Å². The zero-order valence-corrected chi connectivity index (χ0v) is 18.6. The highest BCUT2D eigenvalue weighted by molar-refractivity contribution is 14.0. The van der Waals surface area contributed by atoms with Crippen molar-refractivity contribution in [3.8, 4) is 5.75 Å². The van der Waals surface area contributed by atoms with Gasteiger partial charge in [-0.1, -0.05) is 18.2 Å². The fourth-order valence-electron chi connectivity index (χ4n) is 3.44. The molecule has 0 bridgehead atoms. The number of rotatable bonds is 5. The number of aromatic nitrogens is 1. The van der Waals surface area contributed by atoms with Crippen LogP contribution in [0, 0.1) is 0 Å².